The number of piperidine rings is 1. The lowest BCUT2D eigenvalue weighted by atomic mass is 9.92. The lowest BCUT2D eigenvalue weighted by Gasteiger charge is -2.35. The zero-order chi connectivity index (χ0) is 12.1. The SMILES string of the molecule is CCC1CN(C(=O)/C=C/C(=O)O)CCC1O. The van der Waals surface area contributed by atoms with Gasteiger partial charge in [0.1, 0.15) is 0 Å². The Hall–Kier alpha value is -1.36. The van der Waals surface area contributed by atoms with E-state index in [1.165, 1.54) is 0 Å². The average molecular weight is 227 g/mol. The summed E-state index contributed by atoms with van der Waals surface area (Å²) in [6.07, 6.45) is 2.93. The number of carboxylic acid groups (broad SMARTS) is 1. The van der Waals surface area contributed by atoms with Crippen molar-refractivity contribution in [3.05, 3.63) is 12.2 Å². The standard InChI is InChI=1S/C11H17NO4/c1-2-8-7-12(6-5-9(8)13)10(14)3-4-11(15)16/h3-4,8-9,13H,2,5-7H2,1H3,(H,15,16)/b4-3+. The molecule has 1 heterocycles. The second-order valence-electron chi connectivity index (χ2n) is 3.98. The molecule has 0 aliphatic carbocycles. The minimum Gasteiger partial charge on any atom is -0.478 e. The van der Waals surface area contributed by atoms with Crippen LogP contribution in [-0.4, -0.2) is 46.2 Å². The predicted octanol–water partition coefficient (Wildman–Crippen LogP) is 0.247. The fourth-order valence-electron chi connectivity index (χ4n) is 1.87. The molecule has 2 N–H and O–H groups in total. The van der Waals surface area contributed by atoms with Crippen LogP contribution in [0.4, 0.5) is 0 Å². The van der Waals surface area contributed by atoms with Crippen LogP contribution in [0.25, 0.3) is 0 Å². The normalized spacial score (nSPS) is 26.0. The molecule has 0 saturated carbocycles. The second kappa shape index (κ2) is 5.65. The molecular formula is C11H17NO4. The van der Waals surface area contributed by atoms with Crippen LogP contribution < -0.4 is 0 Å². The van der Waals surface area contributed by atoms with Crippen molar-refractivity contribution in [1.29, 1.82) is 0 Å². The summed E-state index contributed by atoms with van der Waals surface area (Å²) in [6.45, 7) is 2.95. The van der Waals surface area contributed by atoms with E-state index in [0.29, 0.717) is 19.5 Å². The average Bonchev–Trinajstić information content (AvgIpc) is 2.26. The summed E-state index contributed by atoms with van der Waals surface area (Å²) < 4.78 is 0. The van der Waals surface area contributed by atoms with E-state index >= 15 is 0 Å². The number of hydrogen-bond donors (Lipinski definition) is 2. The van der Waals surface area contributed by atoms with Gasteiger partial charge in [0.05, 0.1) is 6.10 Å². The molecule has 1 amide bonds. The highest BCUT2D eigenvalue weighted by atomic mass is 16.4. The van der Waals surface area contributed by atoms with E-state index < -0.39 is 5.97 Å². The molecule has 1 saturated heterocycles. The quantitative estimate of drug-likeness (QED) is 0.677. The van der Waals surface area contributed by atoms with Gasteiger partial charge >= 0.3 is 5.97 Å². The highest BCUT2D eigenvalue weighted by Crippen LogP contribution is 2.20. The number of carbonyl (C=O) groups excluding carboxylic acids is 1. The van der Waals surface area contributed by atoms with E-state index in [0.717, 1.165) is 18.6 Å². The van der Waals surface area contributed by atoms with Crippen LogP contribution in [0.2, 0.25) is 0 Å². The van der Waals surface area contributed by atoms with Crippen LogP contribution in [0, 0.1) is 5.92 Å². The number of hydrogen-bond acceptors (Lipinski definition) is 3. The molecule has 0 aromatic carbocycles. The van der Waals surface area contributed by atoms with Gasteiger partial charge in [0.2, 0.25) is 5.91 Å². The van der Waals surface area contributed by atoms with Crippen LogP contribution in [0.5, 0.6) is 0 Å². The van der Waals surface area contributed by atoms with Gasteiger partial charge in [0.25, 0.3) is 0 Å². The number of carboxylic acids is 1. The smallest absolute Gasteiger partial charge is 0.328 e. The minimum absolute atomic E-state index is 0.0935. The van der Waals surface area contributed by atoms with E-state index in [4.69, 9.17) is 5.11 Å². The largest absolute Gasteiger partial charge is 0.478 e. The summed E-state index contributed by atoms with van der Waals surface area (Å²) >= 11 is 0. The molecule has 1 rings (SSSR count). The maximum atomic E-state index is 11.6. The van der Waals surface area contributed by atoms with Crippen molar-refractivity contribution in [2.75, 3.05) is 13.1 Å². The van der Waals surface area contributed by atoms with E-state index in [1.54, 1.807) is 4.90 Å². The van der Waals surface area contributed by atoms with Gasteiger partial charge in [0.15, 0.2) is 0 Å². The summed E-state index contributed by atoms with van der Waals surface area (Å²) in [4.78, 5) is 23.4. The fraction of sp³-hybridized carbons (Fsp3) is 0.636. The fourth-order valence-corrected chi connectivity index (χ4v) is 1.87. The molecule has 1 fully saturated rings. The summed E-state index contributed by atoms with van der Waals surface area (Å²) in [5.41, 5.74) is 0. The molecule has 0 radical (unpaired) electrons. The first-order valence-corrected chi connectivity index (χ1v) is 5.42. The van der Waals surface area contributed by atoms with Gasteiger partial charge in [-0.1, -0.05) is 6.92 Å². The van der Waals surface area contributed by atoms with Crippen molar-refractivity contribution in [2.24, 2.45) is 5.92 Å². The number of carbonyl (C=O) groups is 2. The molecule has 2 unspecified atom stereocenters. The molecule has 1 aliphatic heterocycles. The highest BCUT2D eigenvalue weighted by molar-refractivity contribution is 5.93. The van der Waals surface area contributed by atoms with E-state index in [-0.39, 0.29) is 17.9 Å². The van der Waals surface area contributed by atoms with E-state index in [2.05, 4.69) is 0 Å². The molecule has 2 atom stereocenters. The zero-order valence-electron chi connectivity index (χ0n) is 9.30. The van der Waals surface area contributed by atoms with Gasteiger partial charge in [-0.05, 0) is 12.8 Å². The lowest BCUT2D eigenvalue weighted by molar-refractivity contribution is -0.133. The first kappa shape index (κ1) is 12.7. The Morgan fingerprint density at radius 2 is 2.12 bits per heavy atom. The number of rotatable bonds is 3. The molecule has 1 aliphatic rings. The van der Waals surface area contributed by atoms with Crippen LogP contribution in [0.15, 0.2) is 12.2 Å². The van der Waals surface area contributed by atoms with Crippen molar-refractivity contribution in [3.8, 4) is 0 Å². The van der Waals surface area contributed by atoms with Crippen molar-refractivity contribution in [3.63, 3.8) is 0 Å². The molecule has 5 heteroatoms. The first-order chi connectivity index (χ1) is 7.54. The molecule has 0 bridgehead atoms. The summed E-state index contributed by atoms with van der Waals surface area (Å²) in [7, 11) is 0. The molecule has 0 spiro atoms. The molecule has 16 heavy (non-hydrogen) atoms. The number of nitrogens with zero attached hydrogens (tertiary/aromatic N) is 1. The third-order valence-corrected chi connectivity index (χ3v) is 2.90. The summed E-state index contributed by atoms with van der Waals surface area (Å²) in [5.74, 6) is -1.33. The van der Waals surface area contributed by atoms with Crippen LogP contribution in [-0.2, 0) is 9.59 Å². The van der Waals surface area contributed by atoms with Gasteiger partial charge in [-0.3, -0.25) is 4.79 Å². The van der Waals surface area contributed by atoms with Gasteiger partial charge in [-0.25, -0.2) is 4.79 Å². The van der Waals surface area contributed by atoms with Gasteiger partial charge < -0.3 is 15.1 Å². The molecule has 0 aromatic rings. The second-order valence-corrected chi connectivity index (χ2v) is 3.98. The Kier molecular flexibility index (Phi) is 4.49. The maximum Gasteiger partial charge on any atom is 0.328 e. The zero-order valence-corrected chi connectivity index (χ0v) is 9.30. The Bertz CT molecular complexity index is 300. The number of likely N-dealkylation sites (tertiary alicyclic amines) is 1. The van der Waals surface area contributed by atoms with E-state index in [1.807, 2.05) is 6.92 Å². The summed E-state index contributed by atoms with van der Waals surface area (Å²) in [5, 5.41) is 18.0. The predicted molar refractivity (Wildman–Crippen MR) is 57.8 cm³/mol. The Labute approximate surface area is 94.4 Å². The van der Waals surface area contributed by atoms with E-state index in [9.17, 15) is 14.7 Å². The number of aliphatic carboxylic acids is 1. The third-order valence-electron chi connectivity index (χ3n) is 2.90. The molecule has 5 nitrogen and oxygen atoms in total. The van der Waals surface area contributed by atoms with Gasteiger partial charge in [-0.15, -0.1) is 0 Å². The molecular weight excluding hydrogens is 210 g/mol. The third kappa shape index (κ3) is 3.34. The monoisotopic (exact) mass is 227 g/mol. The van der Waals surface area contributed by atoms with Crippen molar-refractivity contribution >= 4 is 11.9 Å². The van der Waals surface area contributed by atoms with Crippen LogP contribution in [0.3, 0.4) is 0 Å². The van der Waals surface area contributed by atoms with Crippen LogP contribution >= 0.6 is 0 Å². The Morgan fingerprint density at radius 3 is 2.69 bits per heavy atom. The van der Waals surface area contributed by atoms with Crippen molar-refractivity contribution < 1.29 is 19.8 Å². The number of aliphatic hydroxyl groups excluding tert-OH is 1. The lowest BCUT2D eigenvalue weighted by Crippen LogP contribution is -2.45. The van der Waals surface area contributed by atoms with Crippen molar-refractivity contribution in [2.45, 2.75) is 25.9 Å². The van der Waals surface area contributed by atoms with Crippen LogP contribution in [0.1, 0.15) is 19.8 Å². The maximum absolute atomic E-state index is 11.6. The van der Waals surface area contributed by atoms with Crippen molar-refractivity contribution in [1.82, 2.24) is 4.90 Å². The van der Waals surface area contributed by atoms with Gasteiger partial charge in [-0.2, -0.15) is 0 Å². The highest BCUT2D eigenvalue weighted by Gasteiger charge is 2.27. The Morgan fingerprint density at radius 1 is 1.44 bits per heavy atom. The van der Waals surface area contributed by atoms with Gasteiger partial charge in [0, 0.05) is 31.2 Å². The molecule has 0 aromatic heterocycles. The topological polar surface area (TPSA) is 77.8 Å². The number of amides is 1. The minimum atomic E-state index is -1.13. The first-order valence-electron chi connectivity index (χ1n) is 5.42. The molecule has 90 valence electrons. The number of aliphatic hydroxyl groups is 1. The summed E-state index contributed by atoms with van der Waals surface area (Å²) in [6, 6.07) is 0. The Balaban J connectivity index is 2.55.